The lowest BCUT2D eigenvalue weighted by Crippen LogP contribution is -2.27. The number of sulfonamides is 1. The van der Waals surface area contributed by atoms with E-state index in [0.29, 0.717) is 10.0 Å². The zero-order valence-electron chi connectivity index (χ0n) is 11.1. The van der Waals surface area contributed by atoms with E-state index in [4.69, 9.17) is 10.2 Å². The highest BCUT2D eigenvalue weighted by atomic mass is 79.9. The molecule has 0 fully saturated rings. The molecule has 0 amide bonds. The number of hydrogen-bond acceptors (Lipinski definition) is 4. The van der Waals surface area contributed by atoms with Gasteiger partial charge in [0.2, 0.25) is 10.0 Å². The van der Waals surface area contributed by atoms with Crippen LogP contribution in [0.4, 0.5) is 0 Å². The summed E-state index contributed by atoms with van der Waals surface area (Å²) in [6.45, 7) is 3.22. The van der Waals surface area contributed by atoms with Gasteiger partial charge in [-0.3, -0.25) is 0 Å². The van der Waals surface area contributed by atoms with E-state index in [-0.39, 0.29) is 23.4 Å². The van der Waals surface area contributed by atoms with E-state index in [2.05, 4.69) is 20.7 Å². The maximum Gasteiger partial charge on any atom is 0.336 e. The van der Waals surface area contributed by atoms with Gasteiger partial charge in [0.05, 0.1) is 16.6 Å². The number of aliphatic hydroxyl groups excluding tert-OH is 1. The molecule has 0 heterocycles. The van der Waals surface area contributed by atoms with E-state index in [1.54, 1.807) is 13.8 Å². The molecule has 0 aliphatic rings. The Kier molecular flexibility index (Phi) is 5.69. The lowest BCUT2D eigenvalue weighted by atomic mass is 10.1. The summed E-state index contributed by atoms with van der Waals surface area (Å²) in [5, 5.41) is 18.2. The fourth-order valence-corrected chi connectivity index (χ4v) is 3.23. The Bertz CT molecular complexity index is 613. The SMILES string of the molecule is Cc1c(Br)cc(S(=O)(=O)NCCC(C)O)cc1C(=O)O. The van der Waals surface area contributed by atoms with Crippen LogP contribution >= 0.6 is 15.9 Å². The summed E-state index contributed by atoms with van der Waals surface area (Å²) in [6, 6.07) is 2.47. The minimum absolute atomic E-state index is 0.0738. The zero-order valence-corrected chi connectivity index (χ0v) is 13.5. The lowest BCUT2D eigenvalue weighted by molar-refractivity contribution is 0.0695. The van der Waals surface area contributed by atoms with Crippen LogP contribution in [0.25, 0.3) is 0 Å². The fraction of sp³-hybridized carbons (Fsp3) is 0.417. The van der Waals surface area contributed by atoms with Gasteiger partial charge in [0, 0.05) is 11.0 Å². The predicted octanol–water partition coefficient (Wildman–Crippen LogP) is 1.50. The Morgan fingerprint density at radius 1 is 1.45 bits per heavy atom. The van der Waals surface area contributed by atoms with Crippen molar-refractivity contribution in [2.24, 2.45) is 0 Å². The molecule has 0 saturated heterocycles. The molecule has 6 nitrogen and oxygen atoms in total. The normalized spacial score (nSPS) is 13.2. The molecule has 112 valence electrons. The van der Waals surface area contributed by atoms with Gasteiger partial charge < -0.3 is 10.2 Å². The Balaban J connectivity index is 3.10. The van der Waals surface area contributed by atoms with Gasteiger partial charge in [-0.05, 0) is 38.0 Å². The number of hydrogen-bond donors (Lipinski definition) is 3. The molecule has 0 bridgehead atoms. The highest BCUT2D eigenvalue weighted by molar-refractivity contribution is 9.10. The van der Waals surface area contributed by atoms with Gasteiger partial charge in [0.15, 0.2) is 0 Å². The van der Waals surface area contributed by atoms with Crippen LogP contribution in [-0.2, 0) is 10.0 Å². The first-order valence-corrected chi connectivity index (χ1v) is 8.14. The van der Waals surface area contributed by atoms with E-state index < -0.39 is 22.1 Å². The van der Waals surface area contributed by atoms with Gasteiger partial charge in [-0.2, -0.15) is 0 Å². The number of carbonyl (C=O) groups is 1. The number of aromatic carboxylic acids is 1. The molecule has 0 aromatic heterocycles. The summed E-state index contributed by atoms with van der Waals surface area (Å²) in [5.74, 6) is -1.19. The molecule has 1 aromatic carbocycles. The van der Waals surface area contributed by atoms with Crippen molar-refractivity contribution in [3.8, 4) is 0 Å². The molecule has 0 radical (unpaired) electrons. The molecule has 0 spiro atoms. The number of carboxylic acid groups (broad SMARTS) is 1. The average Bonchev–Trinajstić information content (AvgIpc) is 2.31. The molecule has 1 unspecified atom stereocenters. The molecule has 3 N–H and O–H groups in total. The van der Waals surface area contributed by atoms with Crippen molar-refractivity contribution in [3.05, 3.63) is 27.7 Å². The topological polar surface area (TPSA) is 104 Å². The number of nitrogens with one attached hydrogen (secondary N) is 1. The Hall–Kier alpha value is -0.960. The minimum atomic E-state index is -3.81. The van der Waals surface area contributed by atoms with E-state index in [1.807, 2.05) is 0 Å². The van der Waals surface area contributed by atoms with Gasteiger partial charge in [0.1, 0.15) is 0 Å². The largest absolute Gasteiger partial charge is 0.478 e. The molecule has 0 aliphatic heterocycles. The van der Waals surface area contributed by atoms with Gasteiger partial charge in [-0.25, -0.2) is 17.9 Å². The highest BCUT2D eigenvalue weighted by Gasteiger charge is 2.19. The number of rotatable bonds is 6. The average molecular weight is 366 g/mol. The van der Waals surface area contributed by atoms with Crippen molar-refractivity contribution in [2.45, 2.75) is 31.3 Å². The number of aliphatic hydroxyl groups is 1. The predicted molar refractivity (Wildman–Crippen MR) is 77.3 cm³/mol. The Morgan fingerprint density at radius 3 is 2.55 bits per heavy atom. The monoisotopic (exact) mass is 365 g/mol. The van der Waals surface area contributed by atoms with Gasteiger partial charge >= 0.3 is 5.97 Å². The number of halogens is 1. The summed E-state index contributed by atoms with van der Waals surface area (Å²) >= 11 is 3.15. The maximum absolute atomic E-state index is 12.0. The molecular formula is C12H16BrNO5S. The van der Waals surface area contributed by atoms with E-state index >= 15 is 0 Å². The first-order valence-electron chi connectivity index (χ1n) is 5.86. The summed E-state index contributed by atoms with van der Waals surface area (Å²) in [7, 11) is -3.81. The zero-order chi connectivity index (χ0) is 15.5. The lowest BCUT2D eigenvalue weighted by Gasteiger charge is -2.11. The highest BCUT2D eigenvalue weighted by Crippen LogP contribution is 2.24. The minimum Gasteiger partial charge on any atom is -0.478 e. The Labute approximate surface area is 126 Å². The second kappa shape index (κ2) is 6.66. The fourth-order valence-electron chi connectivity index (χ4n) is 1.52. The molecule has 1 atom stereocenters. The van der Waals surface area contributed by atoms with Crippen molar-refractivity contribution in [3.63, 3.8) is 0 Å². The van der Waals surface area contributed by atoms with Crippen molar-refractivity contribution in [2.75, 3.05) is 6.54 Å². The van der Waals surface area contributed by atoms with Crippen LogP contribution in [0.3, 0.4) is 0 Å². The van der Waals surface area contributed by atoms with Crippen molar-refractivity contribution < 1.29 is 23.4 Å². The number of carboxylic acids is 1. The third-order valence-electron chi connectivity index (χ3n) is 2.71. The van der Waals surface area contributed by atoms with Crippen molar-refractivity contribution >= 4 is 31.9 Å². The van der Waals surface area contributed by atoms with Crippen molar-refractivity contribution in [1.82, 2.24) is 4.72 Å². The number of benzene rings is 1. The van der Waals surface area contributed by atoms with E-state index in [0.717, 1.165) is 6.07 Å². The van der Waals surface area contributed by atoms with Crippen LogP contribution in [0, 0.1) is 6.92 Å². The molecular weight excluding hydrogens is 350 g/mol. The molecule has 0 saturated carbocycles. The third-order valence-corrected chi connectivity index (χ3v) is 4.98. The standard InChI is InChI=1S/C12H16BrNO5S/c1-7(15)3-4-14-20(18,19)9-5-10(12(16)17)8(2)11(13)6-9/h5-7,14-15H,3-4H2,1-2H3,(H,16,17). The van der Waals surface area contributed by atoms with Gasteiger partial charge in [-0.1, -0.05) is 15.9 Å². The molecule has 0 aliphatic carbocycles. The van der Waals surface area contributed by atoms with Crippen LogP contribution in [0.1, 0.15) is 29.3 Å². The van der Waals surface area contributed by atoms with Crippen LogP contribution < -0.4 is 4.72 Å². The summed E-state index contributed by atoms with van der Waals surface area (Å²) in [6.07, 6.45) is -0.338. The summed E-state index contributed by atoms with van der Waals surface area (Å²) in [5.41, 5.74) is 0.385. The molecule has 20 heavy (non-hydrogen) atoms. The quantitative estimate of drug-likeness (QED) is 0.708. The molecule has 8 heteroatoms. The van der Waals surface area contributed by atoms with Crippen LogP contribution in [-0.4, -0.2) is 37.2 Å². The first kappa shape index (κ1) is 17.1. The maximum atomic E-state index is 12.0. The van der Waals surface area contributed by atoms with Crippen LogP contribution in [0.15, 0.2) is 21.5 Å². The van der Waals surface area contributed by atoms with Crippen LogP contribution in [0.5, 0.6) is 0 Å². The second-order valence-electron chi connectivity index (χ2n) is 4.42. The summed E-state index contributed by atoms with van der Waals surface area (Å²) in [4.78, 5) is 11.0. The van der Waals surface area contributed by atoms with Crippen molar-refractivity contribution in [1.29, 1.82) is 0 Å². The van der Waals surface area contributed by atoms with Gasteiger partial charge in [-0.15, -0.1) is 0 Å². The first-order chi connectivity index (χ1) is 9.15. The second-order valence-corrected chi connectivity index (χ2v) is 7.04. The van der Waals surface area contributed by atoms with Gasteiger partial charge in [0.25, 0.3) is 0 Å². The Morgan fingerprint density at radius 2 is 2.05 bits per heavy atom. The molecule has 1 rings (SSSR count). The van der Waals surface area contributed by atoms with Crippen LogP contribution in [0.2, 0.25) is 0 Å². The smallest absolute Gasteiger partial charge is 0.336 e. The van der Waals surface area contributed by atoms with E-state index in [9.17, 15) is 13.2 Å². The molecule has 1 aromatic rings. The van der Waals surface area contributed by atoms with E-state index in [1.165, 1.54) is 6.07 Å². The third kappa shape index (κ3) is 4.27. The summed E-state index contributed by atoms with van der Waals surface area (Å²) < 4.78 is 26.8.